The Balaban J connectivity index is 2.26. The van der Waals surface area contributed by atoms with Crippen molar-refractivity contribution in [2.75, 3.05) is 11.9 Å². The van der Waals surface area contributed by atoms with Crippen molar-refractivity contribution in [1.29, 1.82) is 0 Å². The first kappa shape index (κ1) is 20.5. The Hall–Kier alpha value is -1.86. The fourth-order valence-electron chi connectivity index (χ4n) is 2.57. The molecule has 0 aromatic heterocycles. The van der Waals surface area contributed by atoms with Crippen LogP contribution < -0.4 is 5.32 Å². The predicted octanol–water partition coefficient (Wildman–Crippen LogP) is -0.847. The highest BCUT2D eigenvalue weighted by Crippen LogP contribution is 2.34. The third kappa shape index (κ3) is 4.86. The number of hydrogen-bond acceptors (Lipinski definition) is 8. The number of nitrogens with one attached hydrogen (secondary N) is 1. The van der Waals surface area contributed by atoms with Crippen molar-refractivity contribution in [3.63, 3.8) is 0 Å². The van der Waals surface area contributed by atoms with Gasteiger partial charge in [-0.05, 0) is 23.8 Å². The summed E-state index contributed by atoms with van der Waals surface area (Å²) in [5, 5.41) is 32.2. The van der Waals surface area contributed by atoms with E-state index in [1.54, 1.807) is 0 Å². The van der Waals surface area contributed by atoms with Crippen molar-refractivity contribution in [3.05, 3.63) is 42.5 Å². The minimum Gasteiger partial charge on any atom is -0.394 e. The lowest BCUT2D eigenvalue weighted by Gasteiger charge is -2.41. The highest BCUT2D eigenvalue weighted by molar-refractivity contribution is 7.80. The van der Waals surface area contributed by atoms with E-state index in [0.29, 0.717) is 11.3 Å². The van der Waals surface area contributed by atoms with Crippen LogP contribution in [-0.4, -0.2) is 65.2 Å². The zero-order valence-electron chi connectivity index (χ0n) is 13.4. The van der Waals surface area contributed by atoms with Gasteiger partial charge >= 0.3 is 10.4 Å². The largest absolute Gasteiger partial charge is 0.397 e. The first-order chi connectivity index (χ1) is 12.2. The molecule has 0 saturated carbocycles. The Labute approximate surface area is 149 Å². The van der Waals surface area contributed by atoms with Crippen LogP contribution in [0.5, 0.6) is 0 Å². The molecule has 0 aliphatic carbocycles. The zero-order chi connectivity index (χ0) is 19.5. The van der Waals surface area contributed by atoms with Gasteiger partial charge in [-0.25, -0.2) is 4.18 Å². The predicted molar refractivity (Wildman–Crippen MR) is 88.4 cm³/mol. The summed E-state index contributed by atoms with van der Waals surface area (Å²) in [5.74, 6) is -0.420. The van der Waals surface area contributed by atoms with Gasteiger partial charge < -0.3 is 25.4 Å². The molecule has 1 aromatic carbocycles. The van der Waals surface area contributed by atoms with Crippen LogP contribution in [0.3, 0.4) is 0 Å². The molecule has 2 rings (SSSR count). The third-order valence-corrected chi connectivity index (χ3v) is 4.26. The number of aliphatic hydroxyl groups excluding tert-OH is 3. The van der Waals surface area contributed by atoms with Crippen LogP contribution in [-0.2, 0) is 24.1 Å². The number of ether oxygens (including phenoxy) is 1. The SMILES string of the molecule is C=CC(=O)Nc1ccc([C@@H]2O[C@H](CO)[C@H](O)[C@H](OS(=O)(=O)O)[C@H]2O)cc1. The highest BCUT2D eigenvalue weighted by atomic mass is 32.3. The minimum atomic E-state index is -4.96. The van der Waals surface area contributed by atoms with Crippen molar-refractivity contribution >= 4 is 22.0 Å². The van der Waals surface area contributed by atoms with Crippen LogP contribution in [0.4, 0.5) is 5.69 Å². The molecule has 1 amide bonds. The normalized spacial score (nSPS) is 29.2. The van der Waals surface area contributed by atoms with Gasteiger partial charge in [-0.15, -0.1) is 0 Å². The maximum atomic E-state index is 11.3. The molecule has 1 fully saturated rings. The van der Waals surface area contributed by atoms with Gasteiger partial charge in [0.2, 0.25) is 5.91 Å². The van der Waals surface area contributed by atoms with E-state index in [0.717, 1.165) is 6.08 Å². The van der Waals surface area contributed by atoms with Gasteiger partial charge in [-0.3, -0.25) is 9.35 Å². The fraction of sp³-hybridized carbons (Fsp3) is 0.400. The first-order valence-electron chi connectivity index (χ1n) is 7.47. The van der Waals surface area contributed by atoms with Gasteiger partial charge in [-0.1, -0.05) is 18.7 Å². The van der Waals surface area contributed by atoms with Crippen molar-refractivity contribution in [2.45, 2.75) is 30.5 Å². The maximum Gasteiger partial charge on any atom is 0.397 e. The average Bonchev–Trinajstić information content (AvgIpc) is 2.59. The second kappa shape index (κ2) is 8.22. The molecule has 26 heavy (non-hydrogen) atoms. The molecule has 0 unspecified atom stereocenters. The van der Waals surface area contributed by atoms with Crippen molar-refractivity contribution in [1.82, 2.24) is 0 Å². The number of aliphatic hydroxyl groups is 3. The number of benzene rings is 1. The van der Waals surface area contributed by atoms with Gasteiger partial charge in [0.25, 0.3) is 0 Å². The van der Waals surface area contributed by atoms with E-state index < -0.39 is 53.4 Å². The smallest absolute Gasteiger partial charge is 0.394 e. The van der Waals surface area contributed by atoms with E-state index in [-0.39, 0.29) is 0 Å². The van der Waals surface area contributed by atoms with Gasteiger partial charge in [0.05, 0.1) is 6.61 Å². The lowest BCUT2D eigenvalue weighted by molar-refractivity contribution is -0.225. The van der Waals surface area contributed by atoms with Crippen LogP contribution in [0.25, 0.3) is 0 Å². The molecular weight excluding hydrogens is 370 g/mol. The lowest BCUT2D eigenvalue weighted by atomic mass is 9.91. The molecule has 10 nitrogen and oxygen atoms in total. The Bertz CT molecular complexity index is 749. The van der Waals surface area contributed by atoms with E-state index in [1.165, 1.54) is 24.3 Å². The van der Waals surface area contributed by atoms with Gasteiger partial charge in [0.1, 0.15) is 30.5 Å². The summed E-state index contributed by atoms with van der Waals surface area (Å²) < 4.78 is 40.5. The molecule has 0 radical (unpaired) electrons. The van der Waals surface area contributed by atoms with E-state index in [4.69, 9.17) is 9.29 Å². The molecule has 1 heterocycles. The highest BCUT2D eigenvalue weighted by Gasteiger charge is 2.47. The topological polar surface area (TPSA) is 163 Å². The van der Waals surface area contributed by atoms with E-state index in [1.807, 2.05) is 0 Å². The Morgan fingerprint density at radius 1 is 1.27 bits per heavy atom. The molecule has 11 heteroatoms. The third-order valence-electron chi connectivity index (χ3n) is 3.79. The van der Waals surface area contributed by atoms with Crippen LogP contribution in [0, 0.1) is 0 Å². The van der Waals surface area contributed by atoms with Gasteiger partial charge in [0, 0.05) is 5.69 Å². The molecule has 1 aliphatic rings. The molecule has 1 aromatic rings. The number of amides is 1. The fourth-order valence-corrected chi connectivity index (χ4v) is 3.07. The molecule has 0 spiro atoms. The minimum absolute atomic E-state index is 0.364. The van der Waals surface area contributed by atoms with Crippen molar-refractivity contribution < 1.29 is 42.0 Å². The van der Waals surface area contributed by atoms with Crippen LogP contribution >= 0.6 is 0 Å². The summed E-state index contributed by atoms with van der Waals surface area (Å²) >= 11 is 0. The summed E-state index contributed by atoms with van der Waals surface area (Å²) in [6.45, 7) is 2.65. The van der Waals surface area contributed by atoms with E-state index in [9.17, 15) is 28.5 Å². The molecule has 0 bridgehead atoms. The molecular formula is C15H19NO9S. The summed E-state index contributed by atoms with van der Waals surface area (Å²) in [4.78, 5) is 11.3. The standard InChI is InChI=1S/C15H19NO9S/c1-2-11(18)16-9-5-3-8(4-6-9)14-13(20)15(25-26(21,22)23)12(19)10(7-17)24-14/h2-6,10,12-15,17,19-20H,1,7H2,(H,16,18)(H,21,22,23)/t10-,12+,13+,14+,15+/m1/s1. The van der Waals surface area contributed by atoms with Crippen LogP contribution in [0.1, 0.15) is 11.7 Å². The summed E-state index contributed by atoms with van der Waals surface area (Å²) in [7, 11) is -4.96. The van der Waals surface area contributed by atoms with Gasteiger partial charge in [0.15, 0.2) is 0 Å². The van der Waals surface area contributed by atoms with Crippen LogP contribution in [0.2, 0.25) is 0 Å². The Morgan fingerprint density at radius 2 is 1.88 bits per heavy atom. The quantitative estimate of drug-likeness (QED) is 0.308. The molecule has 5 atom stereocenters. The zero-order valence-corrected chi connectivity index (χ0v) is 14.2. The monoisotopic (exact) mass is 389 g/mol. The molecule has 1 saturated heterocycles. The average molecular weight is 389 g/mol. The van der Waals surface area contributed by atoms with Crippen molar-refractivity contribution in [2.24, 2.45) is 0 Å². The number of hydrogen-bond donors (Lipinski definition) is 5. The summed E-state index contributed by atoms with van der Waals surface area (Å²) in [6, 6.07) is 5.99. The number of carbonyl (C=O) groups excluding carboxylic acids is 1. The second-order valence-corrected chi connectivity index (χ2v) is 6.61. The first-order valence-corrected chi connectivity index (χ1v) is 8.84. The number of carbonyl (C=O) groups is 1. The molecule has 144 valence electrons. The molecule has 5 N–H and O–H groups in total. The summed E-state index contributed by atoms with van der Waals surface area (Å²) in [5.41, 5.74) is 0.803. The lowest BCUT2D eigenvalue weighted by Crippen LogP contribution is -2.56. The second-order valence-electron chi connectivity index (χ2n) is 5.56. The maximum absolute atomic E-state index is 11.3. The van der Waals surface area contributed by atoms with Gasteiger partial charge in [-0.2, -0.15) is 8.42 Å². The van der Waals surface area contributed by atoms with Crippen molar-refractivity contribution in [3.8, 4) is 0 Å². The molecule has 1 aliphatic heterocycles. The van der Waals surface area contributed by atoms with Crippen LogP contribution in [0.15, 0.2) is 36.9 Å². The Kier molecular flexibility index (Phi) is 6.47. The number of rotatable bonds is 6. The number of anilines is 1. The van der Waals surface area contributed by atoms with E-state index in [2.05, 4.69) is 16.1 Å². The Morgan fingerprint density at radius 3 is 2.38 bits per heavy atom. The van der Waals surface area contributed by atoms with E-state index >= 15 is 0 Å². The summed E-state index contributed by atoms with van der Waals surface area (Å²) in [6.07, 6.45) is -6.43.